The summed E-state index contributed by atoms with van der Waals surface area (Å²) in [5.74, 6) is 0. The Morgan fingerprint density at radius 3 is 2.25 bits per heavy atom. The van der Waals surface area contributed by atoms with Crippen LogP contribution in [0.15, 0.2) is 0 Å². The standard InChI is InChI=1S/C6H12O5S/c7-1-2-5(12)3(8)4(9)6(10)11-2/h2-10,12H,1H2/t2-,3-,4-,5-,6+/m1/s1. The Labute approximate surface area is 75.0 Å². The number of hydrogen-bond acceptors (Lipinski definition) is 6. The largest absolute Gasteiger partial charge is 0.394 e. The molecular weight excluding hydrogens is 184 g/mol. The highest BCUT2D eigenvalue weighted by atomic mass is 32.1. The molecule has 1 fully saturated rings. The lowest BCUT2D eigenvalue weighted by molar-refractivity contribution is -0.248. The Kier molecular flexibility index (Phi) is 3.33. The molecule has 0 unspecified atom stereocenters. The van der Waals surface area contributed by atoms with E-state index in [-0.39, 0.29) is 6.61 Å². The zero-order chi connectivity index (χ0) is 9.30. The molecule has 1 aliphatic heterocycles. The molecule has 72 valence electrons. The minimum atomic E-state index is -1.46. The fourth-order valence-corrected chi connectivity index (χ4v) is 1.42. The molecule has 1 saturated heterocycles. The smallest absolute Gasteiger partial charge is 0.183 e. The van der Waals surface area contributed by atoms with Gasteiger partial charge in [-0.3, -0.25) is 0 Å². The van der Waals surface area contributed by atoms with Gasteiger partial charge in [0.2, 0.25) is 0 Å². The molecule has 0 bridgehead atoms. The molecule has 0 aliphatic carbocycles. The molecule has 1 aliphatic rings. The van der Waals surface area contributed by atoms with Crippen molar-refractivity contribution in [2.75, 3.05) is 6.61 Å². The van der Waals surface area contributed by atoms with E-state index in [0.717, 1.165) is 0 Å². The molecule has 0 aromatic rings. The van der Waals surface area contributed by atoms with Crippen LogP contribution in [0.1, 0.15) is 0 Å². The van der Waals surface area contributed by atoms with Gasteiger partial charge in [-0.1, -0.05) is 0 Å². The molecule has 0 amide bonds. The van der Waals surface area contributed by atoms with Crippen LogP contribution in [-0.4, -0.2) is 56.9 Å². The highest BCUT2D eigenvalue weighted by Gasteiger charge is 2.41. The van der Waals surface area contributed by atoms with Gasteiger partial charge in [0, 0.05) is 0 Å². The van der Waals surface area contributed by atoms with Crippen molar-refractivity contribution in [2.45, 2.75) is 29.9 Å². The van der Waals surface area contributed by atoms with Gasteiger partial charge >= 0.3 is 0 Å². The van der Waals surface area contributed by atoms with E-state index in [9.17, 15) is 5.11 Å². The third-order valence-electron chi connectivity index (χ3n) is 1.87. The number of aliphatic hydroxyl groups is 4. The SMILES string of the molecule is OC[C@H]1O[C@H](O)[C@H](O)[C@@H](O)[C@@H]1S. The lowest BCUT2D eigenvalue weighted by atomic mass is 10.0. The molecule has 0 aromatic carbocycles. The van der Waals surface area contributed by atoms with E-state index in [1.165, 1.54) is 0 Å². The predicted octanol–water partition coefficient (Wildman–Crippen LogP) is -2.28. The third kappa shape index (κ3) is 1.73. The van der Waals surface area contributed by atoms with Crippen LogP contribution in [0.4, 0.5) is 0 Å². The summed E-state index contributed by atoms with van der Waals surface area (Å²) in [7, 11) is 0. The van der Waals surface area contributed by atoms with Crippen molar-refractivity contribution in [3.05, 3.63) is 0 Å². The van der Waals surface area contributed by atoms with E-state index in [2.05, 4.69) is 12.6 Å². The molecule has 6 heteroatoms. The van der Waals surface area contributed by atoms with Crippen LogP contribution < -0.4 is 0 Å². The fraction of sp³-hybridized carbons (Fsp3) is 1.00. The lowest BCUT2D eigenvalue weighted by Crippen LogP contribution is -2.56. The molecule has 1 heterocycles. The van der Waals surface area contributed by atoms with E-state index >= 15 is 0 Å². The summed E-state index contributed by atoms with van der Waals surface area (Å²) in [6, 6.07) is 0. The minimum absolute atomic E-state index is 0.352. The van der Waals surface area contributed by atoms with Gasteiger partial charge in [0.25, 0.3) is 0 Å². The summed E-state index contributed by atoms with van der Waals surface area (Å²) < 4.78 is 4.75. The Bertz CT molecular complexity index is 150. The summed E-state index contributed by atoms with van der Waals surface area (Å²) in [5.41, 5.74) is 0. The predicted molar refractivity (Wildman–Crippen MR) is 42.8 cm³/mol. The second kappa shape index (κ2) is 3.91. The van der Waals surface area contributed by atoms with Crippen molar-refractivity contribution in [1.82, 2.24) is 0 Å². The summed E-state index contributed by atoms with van der Waals surface area (Å²) in [6.45, 7) is -0.352. The van der Waals surface area contributed by atoms with Crippen molar-refractivity contribution >= 4 is 12.6 Å². The molecule has 1 rings (SSSR count). The van der Waals surface area contributed by atoms with Crippen molar-refractivity contribution in [1.29, 1.82) is 0 Å². The Hall–Kier alpha value is 0.150. The van der Waals surface area contributed by atoms with E-state index in [0.29, 0.717) is 0 Å². The lowest BCUT2D eigenvalue weighted by Gasteiger charge is -2.37. The van der Waals surface area contributed by atoms with Gasteiger partial charge in [-0.05, 0) is 0 Å². The summed E-state index contributed by atoms with van der Waals surface area (Å²) in [5, 5.41) is 35.3. The number of ether oxygens (including phenoxy) is 1. The van der Waals surface area contributed by atoms with E-state index < -0.39 is 29.9 Å². The molecular formula is C6H12O5S. The van der Waals surface area contributed by atoms with Crippen molar-refractivity contribution < 1.29 is 25.2 Å². The minimum Gasteiger partial charge on any atom is -0.394 e. The maximum atomic E-state index is 9.24. The van der Waals surface area contributed by atoms with Gasteiger partial charge in [0.05, 0.1) is 24.1 Å². The first-order valence-electron chi connectivity index (χ1n) is 3.56. The van der Waals surface area contributed by atoms with Crippen LogP contribution in [0.2, 0.25) is 0 Å². The first kappa shape index (κ1) is 10.2. The zero-order valence-electron chi connectivity index (χ0n) is 6.24. The normalized spacial score (nSPS) is 49.2. The van der Waals surface area contributed by atoms with Crippen LogP contribution in [-0.2, 0) is 4.74 Å². The number of hydrogen-bond donors (Lipinski definition) is 5. The summed E-state index contributed by atoms with van der Waals surface area (Å²) in [6.07, 6.45) is -4.76. The van der Waals surface area contributed by atoms with Gasteiger partial charge in [-0.25, -0.2) is 0 Å². The first-order chi connectivity index (χ1) is 5.57. The van der Waals surface area contributed by atoms with Crippen LogP contribution >= 0.6 is 12.6 Å². The molecule has 5 atom stereocenters. The first-order valence-corrected chi connectivity index (χ1v) is 4.08. The second-order valence-electron chi connectivity index (χ2n) is 2.72. The van der Waals surface area contributed by atoms with Crippen LogP contribution in [0.3, 0.4) is 0 Å². The number of rotatable bonds is 1. The van der Waals surface area contributed by atoms with Gasteiger partial charge < -0.3 is 25.2 Å². The van der Waals surface area contributed by atoms with Crippen LogP contribution in [0.25, 0.3) is 0 Å². The Morgan fingerprint density at radius 2 is 1.75 bits per heavy atom. The maximum Gasteiger partial charge on any atom is 0.183 e. The van der Waals surface area contributed by atoms with Crippen LogP contribution in [0, 0.1) is 0 Å². The van der Waals surface area contributed by atoms with Gasteiger partial charge in [0.1, 0.15) is 6.10 Å². The van der Waals surface area contributed by atoms with Crippen molar-refractivity contribution in [3.8, 4) is 0 Å². The molecule has 4 N–H and O–H groups in total. The van der Waals surface area contributed by atoms with Crippen molar-refractivity contribution in [3.63, 3.8) is 0 Å². The molecule has 0 aromatic heterocycles. The van der Waals surface area contributed by atoms with Crippen LogP contribution in [0.5, 0.6) is 0 Å². The van der Waals surface area contributed by atoms with Gasteiger partial charge in [0.15, 0.2) is 6.29 Å². The highest BCUT2D eigenvalue weighted by Crippen LogP contribution is 2.23. The Morgan fingerprint density at radius 1 is 1.17 bits per heavy atom. The average molecular weight is 196 g/mol. The fourth-order valence-electron chi connectivity index (χ4n) is 1.08. The van der Waals surface area contributed by atoms with Gasteiger partial charge in [-0.2, -0.15) is 12.6 Å². The maximum absolute atomic E-state index is 9.24. The molecule has 0 spiro atoms. The summed E-state index contributed by atoms with van der Waals surface area (Å²) in [4.78, 5) is 0. The average Bonchev–Trinajstić information content (AvgIpc) is 2.08. The summed E-state index contributed by atoms with van der Waals surface area (Å²) >= 11 is 3.93. The van der Waals surface area contributed by atoms with Crippen molar-refractivity contribution in [2.24, 2.45) is 0 Å². The third-order valence-corrected chi connectivity index (χ3v) is 2.51. The number of thiol groups is 1. The molecule has 5 nitrogen and oxygen atoms in total. The van der Waals surface area contributed by atoms with E-state index in [1.54, 1.807) is 0 Å². The Balaban J connectivity index is 2.63. The zero-order valence-corrected chi connectivity index (χ0v) is 7.13. The van der Waals surface area contributed by atoms with E-state index in [1.807, 2.05) is 0 Å². The van der Waals surface area contributed by atoms with E-state index in [4.69, 9.17) is 20.1 Å². The molecule has 0 radical (unpaired) electrons. The molecule has 12 heavy (non-hydrogen) atoms. The monoisotopic (exact) mass is 196 g/mol. The van der Waals surface area contributed by atoms with Gasteiger partial charge in [-0.15, -0.1) is 0 Å². The molecule has 0 saturated carbocycles. The second-order valence-corrected chi connectivity index (χ2v) is 3.32. The topological polar surface area (TPSA) is 90.2 Å². The quantitative estimate of drug-likeness (QED) is 0.305. The highest BCUT2D eigenvalue weighted by molar-refractivity contribution is 7.81. The number of aliphatic hydroxyl groups excluding tert-OH is 4.